The number of carboxylic acid groups (broad SMARTS) is 1. The zero-order chi connectivity index (χ0) is 22.4. The molecule has 1 aromatic heterocycles. The number of Topliss-reactive ketones (excluding diaryl/α,β-unsaturated/α-hetero) is 1. The van der Waals surface area contributed by atoms with Crippen LogP contribution < -0.4 is 10.5 Å². The predicted molar refractivity (Wildman–Crippen MR) is 109 cm³/mol. The molecule has 4 N–H and O–H groups in total. The minimum Gasteiger partial charge on any atom is -0.481 e. The number of nitrogen functional groups attached to an aromatic ring is 1. The molecule has 8 heteroatoms. The van der Waals surface area contributed by atoms with Crippen molar-refractivity contribution >= 4 is 17.6 Å². The number of nitrogens with zero attached hydrogens (tertiary/aromatic N) is 1. The maximum atomic E-state index is 14.0. The van der Waals surface area contributed by atoms with Crippen molar-refractivity contribution in [3.63, 3.8) is 0 Å². The first kappa shape index (κ1) is 23.7. The lowest BCUT2D eigenvalue weighted by atomic mass is 9.90. The van der Waals surface area contributed by atoms with Gasteiger partial charge in [-0.2, -0.15) is 0 Å². The van der Waals surface area contributed by atoms with E-state index in [-0.39, 0.29) is 23.8 Å². The van der Waals surface area contributed by atoms with Gasteiger partial charge in [-0.05, 0) is 51.0 Å². The minimum atomic E-state index is -0.833. The van der Waals surface area contributed by atoms with E-state index in [4.69, 9.17) is 25.8 Å². The van der Waals surface area contributed by atoms with Gasteiger partial charge in [0.25, 0.3) is 5.97 Å². The first-order valence-electron chi connectivity index (χ1n) is 8.79. The third-order valence-electron chi connectivity index (χ3n) is 4.19. The molecule has 0 unspecified atom stereocenters. The molecule has 0 amide bonds. The number of pyridine rings is 1. The largest absolute Gasteiger partial charge is 0.481 e. The number of aryl methyl sites for hydroxylation is 1. The van der Waals surface area contributed by atoms with Crippen molar-refractivity contribution in [2.24, 2.45) is 11.1 Å². The zero-order valence-corrected chi connectivity index (χ0v) is 17.2. The second kappa shape index (κ2) is 9.77. The molecule has 0 fully saturated rings. The van der Waals surface area contributed by atoms with Crippen LogP contribution in [-0.2, 0) is 9.59 Å². The number of benzene rings is 1. The standard InChI is InChI=1S/C19H22FN3O2.C2H4O2/c1-11-7-17(25-10-19(3,4)12(2)24)23-9-15(11)13-5-6-14(18(21)22)16(20)8-13;1-2(3)4/h5-9H,10H2,1-4H3,(H3,21,22);1H3,(H,3,4). The van der Waals surface area contributed by atoms with Gasteiger partial charge in [0, 0.05) is 24.8 Å². The molecule has 0 saturated heterocycles. The number of halogens is 1. The number of amidine groups is 1. The Bertz CT molecular complexity index is 922. The number of carboxylic acids is 1. The maximum Gasteiger partial charge on any atom is 0.300 e. The molecule has 0 atom stereocenters. The monoisotopic (exact) mass is 403 g/mol. The molecule has 0 spiro atoms. The SMILES string of the molecule is CC(=O)C(C)(C)COc1cc(C)c(-c2ccc(C(=N)N)c(F)c2)cn1.CC(=O)O. The van der Waals surface area contributed by atoms with Crippen molar-refractivity contribution in [3.8, 4) is 17.0 Å². The van der Waals surface area contributed by atoms with Gasteiger partial charge in [-0.3, -0.25) is 15.0 Å². The molecule has 0 aliphatic heterocycles. The minimum absolute atomic E-state index is 0.0434. The summed E-state index contributed by atoms with van der Waals surface area (Å²) in [6.45, 7) is 8.35. The van der Waals surface area contributed by atoms with Crippen molar-refractivity contribution in [2.75, 3.05) is 6.61 Å². The van der Waals surface area contributed by atoms with Crippen molar-refractivity contribution < 1.29 is 23.8 Å². The van der Waals surface area contributed by atoms with E-state index in [2.05, 4.69) is 4.98 Å². The zero-order valence-electron chi connectivity index (χ0n) is 17.2. The third kappa shape index (κ3) is 6.99. The summed E-state index contributed by atoms with van der Waals surface area (Å²) in [6.07, 6.45) is 1.60. The molecular weight excluding hydrogens is 377 g/mol. The van der Waals surface area contributed by atoms with E-state index in [9.17, 15) is 9.18 Å². The van der Waals surface area contributed by atoms with E-state index in [0.29, 0.717) is 11.4 Å². The second-order valence-electron chi connectivity index (χ2n) is 7.19. The van der Waals surface area contributed by atoms with Crippen LogP contribution in [0.5, 0.6) is 5.88 Å². The second-order valence-corrected chi connectivity index (χ2v) is 7.19. The van der Waals surface area contributed by atoms with Crippen molar-refractivity contribution in [1.29, 1.82) is 5.41 Å². The van der Waals surface area contributed by atoms with Crippen molar-refractivity contribution in [2.45, 2.75) is 34.6 Å². The highest BCUT2D eigenvalue weighted by Gasteiger charge is 2.24. The van der Waals surface area contributed by atoms with E-state index in [1.165, 1.54) is 19.1 Å². The number of hydrogen-bond donors (Lipinski definition) is 3. The fraction of sp³-hybridized carbons (Fsp3) is 0.333. The van der Waals surface area contributed by atoms with Gasteiger partial charge in [0.2, 0.25) is 5.88 Å². The average Bonchev–Trinajstić information content (AvgIpc) is 2.59. The third-order valence-corrected chi connectivity index (χ3v) is 4.19. The molecule has 29 heavy (non-hydrogen) atoms. The lowest BCUT2D eigenvalue weighted by Crippen LogP contribution is -2.29. The fourth-order valence-electron chi connectivity index (χ4n) is 2.17. The van der Waals surface area contributed by atoms with Crippen LogP contribution in [0.15, 0.2) is 30.5 Å². The molecule has 0 radical (unpaired) electrons. The predicted octanol–water partition coefficient (Wildman–Crippen LogP) is 3.57. The van der Waals surface area contributed by atoms with Crippen LogP contribution in [0.2, 0.25) is 0 Å². The smallest absolute Gasteiger partial charge is 0.300 e. The topological polar surface area (TPSA) is 126 Å². The van der Waals surface area contributed by atoms with Gasteiger partial charge in [-0.15, -0.1) is 0 Å². The van der Waals surface area contributed by atoms with Crippen molar-refractivity contribution in [1.82, 2.24) is 4.98 Å². The highest BCUT2D eigenvalue weighted by Crippen LogP contribution is 2.27. The van der Waals surface area contributed by atoms with Crippen LogP contribution in [-0.4, -0.2) is 34.3 Å². The Hall–Kier alpha value is -3.29. The van der Waals surface area contributed by atoms with E-state index in [1.54, 1.807) is 18.3 Å². The van der Waals surface area contributed by atoms with Gasteiger partial charge in [-0.25, -0.2) is 9.37 Å². The summed E-state index contributed by atoms with van der Waals surface area (Å²) in [4.78, 5) is 24.8. The van der Waals surface area contributed by atoms with Gasteiger partial charge in [-0.1, -0.05) is 6.07 Å². The van der Waals surface area contributed by atoms with Crippen LogP contribution in [0.3, 0.4) is 0 Å². The fourth-order valence-corrected chi connectivity index (χ4v) is 2.17. The van der Waals surface area contributed by atoms with E-state index in [0.717, 1.165) is 18.1 Å². The summed E-state index contributed by atoms with van der Waals surface area (Å²) in [5.74, 6) is -1.23. The number of rotatable bonds is 6. The molecule has 0 aliphatic carbocycles. The van der Waals surface area contributed by atoms with E-state index >= 15 is 0 Å². The molecule has 1 heterocycles. The first-order chi connectivity index (χ1) is 13.3. The van der Waals surface area contributed by atoms with Gasteiger partial charge < -0.3 is 15.6 Å². The summed E-state index contributed by atoms with van der Waals surface area (Å²) >= 11 is 0. The highest BCUT2D eigenvalue weighted by atomic mass is 19.1. The van der Waals surface area contributed by atoms with Crippen molar-refractivity contribution in [3.05, 3.63) is 47.4 Å². The molecule has 1 aromatic carbocycles. The highest BCUT2D eigenvalue weighted by molar-refractivity contribution is 5.95. The summed E-state index contributed by atoms with van der Waals surface area (Å²) in [5, 5.41) is 14.7. The molecular formula is C21H26FN3O4. The van der Waals surface area contributed by atoms with Crippen LogP contribution in [0.1, 0.15) is 38.8 Å². The average molecular weight is 403 g/mol. The number of ether oxygens (including phenoxy) is 1. The molecule has 2 rings (SSSR count). The molecule has 0 aliphatic rings. The van der Waals surface area contributed by atoms with Crippen LogP contribution in [0.4, 0.5) is 4.39 Å². The number of aromatic nitrogens is 1. The number of nitrogens with one attached hydrogen (secondary N) is 1. The summed E-state index contributed by atoms with van der Waals surface area (Å²) in [5.41, 5.74) is 7.08. The Balaban J connectivity index is 0.000000960. The molecule has 0 saturated carbocycles. The Labute approximate surface area is 169 Å². The lowest BCUT2D eigenvalue weighted by molar-refractivity contribution is -0.134. The van der Waals surface area contributed by atoms with Crippen LogP contribution in [0.25, 0.3) is 11.1 Å². The van der Waals surface area contributed by atoms with Gasteiger partial charge in [0.1, 0.15) is 24.0 Å². The van der Waals surface area contributed by atoms with Crippen LogP contribution >= 0.6 is 0 Å². The van der Waals surface area contributed by atoms with E-state index in [1.807, 2.05) is 20.8 Å². The Morgan fingerprint density at radius 2 is 1.86 bits per heavy atom. The maximum absolute atomic E-state index is 14.0. The summed E-state index contributed by atoms with van der Waals surface area (Å²) in [6, 6.07) is 6.26. The Morgan fingerprint density at radius 1 is 1.28 bits per heavy atom. The molecule has 156 valence electrons. The summed E-state index contributed by atoms with van der Waals surface area (Å²) in [7, 11) is 0. The van der Waals surface area contributed by atoms with Gasteiger partial charge >= 0.3 is 0 Å². The molecule has 7 nitrogen and oxygen atoms in total. The summed E-state index contributed by atoms with van der Waals surface area (Å²) < 4.78 is 19.7. The Morgan fingerprint density at radius 3 is 2.31 bits per heavy atom. The van der Waals surface area contributed by atoms with Gasteiger partial charge in [0.15, 0.2) is 0 Å². The number of carbonyl (C=O) groups is 2. The Kier molecular flexibility index (Phi) is 8.00. The molecule has 0 bridgehead atoms. The number of carbonyl (C=O) groups excluding carboxylic acids is 1. The normalized spacial score (nSPS) is 10.6. The number of hydrogen-bond acceptors (Lipinski definition) is 5. The van der Waals surface area contributed by atoms with E-state index < -0.39 is 17.2 Å². The first-order valence-corrected chi connectivity index (χ1v) is 8.79. The quantitative estimate of drug-likeness (QED) is 0.500. The number of nitrogens with two attached hydrogens (primary N) is 1. The number of aliphatic carboxylic acids is 1. The van der Waals surface area contributed by atoms with Crippen LogP contribution in [0, 0.1) is 23.6 Å². The molecule has 2 aromatic rings. The lowest BCUT2D eigenvalue weighted by Gasteiger charge is -2.21. The van der Waals surface area contributed by atoms with Gasteiger partial charge in [0.05, 0.1) is 11.0 Å². The number of ketones is 1.